The number of hydrogen-bond donors (Lipinski definition) is 2. The number of hydrogen-bond acceptors (Lipinski definition) is 4. The fourth-order valence-electron chi connectivity index (χ4n) is 3.32. The summed E-state index contributed by atoms with van der Waals surface area (Å²) in [5.74, 6) is -0.350. The summed E-state index contributed by atoms with van der Waals surface area (Å²) in [6.07, 6.45) is 6.78. The third-order valence-corrected chi connectivity index (χ3v) is 4.56. The van der Waals surface area contributed by atoms with Gasteiger partial charge in [-0.1, -0.05) is 19.3 Å². The molecule has 7 heteroatoms. The number of nitrogens with one attached hydrogen (secondary N) is 2. The van der Waals surface area contributed by atoms with Gasteiger partial charge in [0.2, 0.25) is 0 Å². The molecule has 1 saturated heterocycles. The molecule has 0 aromatic heterocycles. The van der Waals surface area contributed by atoms with Crippen LogP contribution in [0.15, 0.2) is 0 Å². The number of amides is 4. The van der Waals surface area contributed by atoms with Gasteiger partial charge >= 0.3 is 12.1 Å². The Morgan fingerprint density at radius 3 is 2.28 bits per heavy atom. The molecule has 0 bridgehead atoms. The number of rotatable bonds is 2. The maximum Gasteiger partial charge on any atom is 0.408 e. The van der Waals surface area contributed by atoms with Gasteiger partial charge in [-0.05, 0) is 52.9 Å². The largest absolute Gasteiger partial charge is 0.444 e. The van der Waals surface area contributed by atoms with Crippen LogP contribution in [0.1, 0.15) is 72.1 Å². The third kappa shape index (κ3) is 6.21. The molecule has 0 unspecified atom stereocenters. The zero-order valence-corrected chi connectivity index (χ0v) is 15.6. The van der Waals surface area contributed by atoms with Crippen molar-refractivity contribution in [3.63, 3.8) is 0 Å². The first-order valence-electron chi connectivity index (χ1n) is 9.37. The monoisotopic (exact) mass is 353 g/mol. The average Bonchev–Trinajstić information content (AvgIpc) is 2.69. The normalized spacial score (nSPS) is 22.9. The zero-order valence-electron chi connectivity index (χ0n) is 15.6. The van der Waals surface area contributed by atoms with E-state index in [4.69, 9.17) is 4.74 Å². The summed E-state index contributed by atoms with van der Waals surface area (Å²) in [5, 5.41) is 5.60. The number of carbonyl (C=O) groups excluding carboxylic acids is 3. The number of urea groups is 1. The Morgan fingerprint density at radius 1 is 1.00 bits per heavy atom. The molecule has 0 aromatic rings. The van der Waals surface area contributed by atoms with Crippen molar-refractivity contribution in [2.24, 2.45) is 0 Å². The second kappa shape index (κ2) is 8.54. The van der Waals surface area contributed by atoms with Crippen molar-refractivity contribution in [3.8, 4) is 0 Å². The molecule has 2 aliphatic rings. The Hall–Kier alpha value is -1.79. The van der Waals surface area contributed by atoms with Gasteiger partial charge in [-0.2, -0.15) is 0 Å². The van der Waals surface area contributed by atoms with Crippen LogP contribution < -0.4 is 10.6 Å². The summed E-state index contributed by atoms with van der Waals surface area (Å²) in [4.78, 5) is 38.5. The lowest BCUT2D eigenvalue weighted by Crippen LogP contribution is -2.54. The standard InChI is InChI=1S/C18H31N3O4/c1-18(2,3)25-17(24)20-14-11-7-8-12-21(15(14)22)16(23)19-13-9-5-4-6-10-13/h13-14H,4-12H2,1-3H3,(H,19,23)(H,20,24)/t14-/m0/s1. The maximum absolute atomic E-state index is 12.7. The zero-order chi connectivity index (χ0) is 18.4. The molecule has 4 amide bonds. The summed E-state index contributed by atoms with van der Waals surface area (Å²) in [6.45, 7) is 5.70. The predicted octanol–water partition coefficient (Wildman–Crippen LogP) is 2.93. The summed E-state index contributed by atoms with van der Waals surface area (Å²) in [5.41, 5.74) is -0.629. The lowest BCUT2D eigenvalue weighted by Gasteiger charge is -2.28. The first kappa shape index (κ1) is 19.5. The molecule has 142 valence electrons. The Kier molecular flexibility index (Phi) is 6.67. The van der Waals surface area contributed by atoms with E-state index in [9.17, 15) is 14.4 Å². The van der Waals surface area contributed by atoms with Gasteiger partial charge in [0.25, 0.3) is 5.91 Å². The summed E-state index contributed by atoms with van der Waals surface area (Å²) in [6, 6.07) is -0.904. The highest BCUT2D eigenvalue weighted by Gasteiger charge is 2.33. The van der Waals surface area contributed by atoms with Crippen molar-refractivity contribution >= 4 is 18.0 Å². The number of carbonyl (C=O) groups is 3. The van der Waals surface area contributed by atoms with Crippen LogP contribution in [0.2, 0.25) is 0 Å². The van der Waals surface area contributed by atoms with Gasteiger partial charge in [-0.3, -0.25) is 9.69 Å². The van der Waals surface area contributed by atoms with E-state index in [0.29, 0.717) is 13.0 Å². The second-order valence-electron chi connectivity index (χ2n) is 7.97. The molecule has 1 atom stereocenters. The molecule has 2 rings (SSSR count). The second-order valence-corrected chi connectivity index (χ2v) is 7.97. The number of imide groups is 1. The van der Waals surface area contributed by atoms with Gasteiger partial charge in [0, 0.05) is 12.6 Å². The van der Waals surface area contributed by atoms with E-state index in [-0.39, 0.29) is 18.0 Å². The first-order chi connectivity index (χ1) is 11.8. The van der Waals surface area contributed by atoms with Crippen molar-refractivity contribution in [3.05, 3.63) is 0 Å². The van der Waals surface area contributed by atoms with Crippen LogP contribution in [0.4, 0.5) is 9.59 Å². The summed E-state index contributed by atoms with van der Waals surface area (Å²) < 4.78 is 5.23. The van der Waals surface area contributed by atoms with E-state index < -0.39 is 17.7 Å². The summed E-state index contributed by atoms with van der Waals surface area (Å²) >= 11 is 0. The molecule has 0 spiro atoms. The van der Waals surface area contributed by atoms with Gasteiger partial charge in [0.1, 0.15) is 11.6 Å². The number of likely N-dealkylation sites (tertiary alicyclic amines) is 1. The topological polar surface area (TPSA) is 87.7 Å². The third-order valence-electron chi connectivity index (χ3n) is 4.56. The van der Waals surface area contributed by atoms with E-state index in [1.165, 1.54) is 11.3 Å². The van der Waals surface area contributed by atoms with E-state index in [2.05, 4.69) is 10.6 Å². The molecule has 1 heterocycles. The lowest BCUT2D eigenvalue weighted by molar-refractivity contribution is -0.130. The van der Waals surface area contributed by atoms with E-state index in [1.54, 1.807) is 20.8 Å². The molecule has 1 saturated carbocycles. The van der Waals surface area contributed by atoms with E-state index >= 15 is 0 Å². The van der Waals surface area contributed by atoms with Gasteiger partial charge in [0.15, 0.2) is 0 Å². The molecular weight excluding hydrogens is 322 g/mol. The fourth-order valence-corrected chi connectivity index (χ4v) is 3.32. The van der Waals surface area contributed by atoms with Crippen molar-refractivity contribution in [1.29, 1.82) is 0 Å². The average molecular weight is 353 g/mol. The Labute approximate surface area is 149 Å². The van der Waals surface area contributed by atoms with Crippen molar-refractivity contribution in [2.75, 3.05) is 6.54 Å². The minimum absolute atomic E-state index is 0.148. The molecule has 2 N–H and O–H groups in total. The van der Waals surface area contributed by atoms with Gasteiger partial charge in [0.05, 0.1) is 0 Å². The minimum atomic E-state index is -0.713. The van der Waals surface area contributed by atoms with Crippen LogP contribution in [0.5, 0.6) is 0 Å². The van der Waals surface area contributed by atoms with Crippen LogP contribution in [-0.2, 0) is 9.53 Å². The molecule has 2 fully saturated rings. The van der Waals surface area contributed by atoms with Crippen LogP contribution in [-0.4, -0.2) is 47.2 Å². The molecule has 1 aliphatic carbocycles. The van der Waals surface area contributed by atoms with Crippen LogP contribution in [0, 0.1) is 0 Å². The van der Waals surface area contributed by atoms with Crippen LogP contribution in [0.25, 0.3) is 0 Å². The fraction of sp³-hybridized carbons (Fsp3) is 0.833. The Balaban J connectivity index is 1.95. The van der Waals surface area contributed by atoms with E-state index in [0.717, 1.165) is 38.5 Å². The van der Waals surface area contributed by atoms with Gasteiger partial charge in [-0.15, -0.1) is 0 Å². The highest BCUT2D eigenvalue weighted by Crippen LogP contribution is 2.19. The van der Waals surface area contributed by atoms with Gasteiger partial charge < -0.3 is 15.4 Å². The molecule has 0 aromatic carbocycles. The van der Waals surface area contributed by atoms with Crippen LogP contribution in [0.3, 0.4) is 0 Å². The quantitative estimate of drug-likeness (QED) is 0.799. The highest BCUT2D eigenvalue weighted by atomic mass is 16.6. The SMILES string of the molecule is CC(C)(C)OC(=O)N[C@H]1CCCCN(C(=O)NC2CCCCC2)C1=O. The summed E-state index contributed by atoms with van der Waals surface area (Å²) in [7, 11) is 0. The molecule has 1 aliphatic heterocycles. The molecule has 0 radical (unpaired) electrons. The number of ether oxygens (including phenoxy) is 1. The molecule has 25 heavy (non-hydrogen) atoms. The van der Waals surface area contributed by atoms with Crippen molar-refractivity contribution < 1.29 is 19.1 Å². The van der Waals surface area contributed by atoms with Crippen LogP contribution >= 0.6 is 0 Å². The van der Waals surface area contributed by atoms with Crippen molar-refractivity contribution in [2.45, 2.75) is 89.8 Å². The Morgan fingerprint density at radius 2 is 1.64 bits per heavy atom. The Bertz CT molecular complexity index is 495. The van der Waals surface area contributed by atoms with Crippen molar-refractivity contribution in [1.82, 2.24) is 15.5 Å². The highest BCUT2D eigenvalue weighted by molar-refractivity contribution is 5.98. The maximum atomic E-state index is 12.7. The first-order valence-corrected chi connectivity index (χ1v) is 9.37. The molecule has 7 nitrogen and oxygen atoms in total. The minimum Gasteiger partial charge on any atom is -0.444 e. The number of nitrogens with zero attached hydrogens (tertiary/aromatic N) is 1. The van der Waals surface area contributed by atoms with Gasteiger partial charge in [-0.25, -0.2) is 9.59 Å². The predicted molar refractivity (Wildman–Crippen MR) is 94.1 cm³/mol. The smallest absolute Gasteiger partial charge is 0.408 e. The number of alkyl carbamates (subject to hydrolysis) is 1. The lowest BCUT2D eigenvalue weighted by atomic mass is 9.96. The molecular formula is C18H31N3O4. The van der Waals surface area contributed by atoms with E-state index in [1.807, 2.05) is 0 Å².